The van der Waals surface area contributed by atoms with E-state index in [9.17, 15) is 24.6 Å². The zero-order valence-corrected chi connectivity index (χ0v) is 21.1. The standard InChI is InChI=1S/C27H24N4O6S/c1-2-37-26(36)17-7-9-19(10-8-17)29-24(34)15-23-25(35)31(20-11-13-21(32)14-12-20)27(38-23)30-28-16-18-5-3-4-6-22(18)33/h3-14,16,23,32-33H,2,15H2,1H3,(H,29,34)/b28-16+,30-27+. The Morgan fingerprint density at radius 1 is 1.05 bits per heavy atom. The van der Waals surface area contributed by atoms with Crippen LogP contribution >= 0.6 is 11.8 Å². The highest BCUT2D eigenvalue weighted by molar-refractivity contribution is 8.16. The number of aromatic hydroxyl groups is 2. The van der Waals surface area contributed by atoms with Gasteiger partial charge in [0.05, 0.1) is 24.1 Å². The van der Waals surface area contributed by atoms with Crippen molar-refractivity contribution in [2.75, 3.05) is 16.8 Å². The highest BCUT2D eigenvalue weighted by atomic mass is 32.2. The summed E-state index contributed by atoms with van der Waals surface area (Å²) >= 11 is 1.08. The number of benzene rings is 3. The molecule has 1 unspecified atom stereocenters. The third-order valence-electron chi connectivity index (χ3n) is 5.37. The van der Waals surface area contributed by atoms with Gasteiger partial charge in [0.25, 0.3) is 0 Å². The number of para-hydroxylation sites is 1. The molecule has 0 bridgehead atoms. The number of ether oxygens (including phenoxy) is 1. The predicted molar refractivity (Wildman–Crippen MR) is 146 cm³/mol. The molecule has 1 heterocycles. The monoisotopic (exact) mass is 532 g/mol. The number of amidine groups is 1. The van der Waals surface area contributed by atoms with Crippen molar-refractivity contribution in [3.63, 3.8) is 0 Å². The lowest BCUT2D eigenvalue weighted by Crippen LogP contribution is -2.33. The third kappa shape index (κ3) is 6.37. The minimum Gasteiger partial charge on any atom is -0.508 e. The van der Waals surface area contributed by atoms with E-state index in [2.05, 4.69) is 15.5 Å². The van der Waals surface area contributed by atoms with E-state index in [0.717, 1.165) is 11.8 Å². The van der Waals surface area contributed by atoms with Crippen LogP contribution in [0.25, 0.3) is 0 Å². The summed E-state index contributed by atoms with van der Waals surface area (Å²) in [4.78, 5) is 39.2. The van der Waals surface area contributed by atoms with Gasteiger partial charge in [-0.05, 0) is 67.6 Å². The lowest BCUT2D eigenvalue weighted by Gasteiger charge is -2.16. The maximum Gasteiger partial charge on any atom is 0.338 e. The van der Waals surface area contributed by atoms with Gasteiger partial charge in [0, 0.05) is 17.7 Å². The molecule has 3 aromatic carbocycles. The number of anilines is 2. The van der Waals surface area contributed by atoms with E-state index in [1.807, 2.05) is 0 Å². The minimum atomic E-state index is -0.776. The third-order valence-corrected chi connectivity index (χ3v) is 6.50. The first-order valence-corrected chi connectivity index (χ1v) is 12.5. The summed E-state index contributed by atoms with van der Waals surface area (Å²) in [6.45, 7) is 1.98. The van der Waals surface area contributed by atoms with Crippen LogP contribution in [0.1, 0.15) is 29.3 Å². The average molecular weight is 533 g/mol. The Bertz CT molecular complexity index is 1390. The topological polar surface area (TPSA) is 141 Å². The highest BCUT2D eigenvalue weighted by Crippen LogP contribution is 2.34. The predicted octanol–water partition coefficient (Wildman–Crippen LogP) is 4.14. The summed E-state index contributed by atoms with van der Waals surface area (Å²) in [5.74, 6) is -1.15. The lowest BCUT2D eigenvalue weighted by molar-refractivity contribution is -0.121. The molecular weight excluding hydrogens is 508 g/mol. The zero-order chi connectivity index (χ0) is 27.1. The maximum atomic E-state index is 13.3. The molecule has 1 saturated heterocycles. The largest absolute Gasteiger partial charge is 0.508 e. The lowest BCUT2D eigenvalue weighted by atomic mass is 10.2. The van der Waals surface area contributed by atoms with E-state index < -0.39 is 17.1 Å². The van der Waals surface area contributed by atoms with Gasteiger partial charge in [0.15, 0.2) is 5.17 Å². The fourth-order valence-corrected chi connectivity index (χ4v) is 4.62. The molecule has 0 aromatic heterocycles. The van der Waals surface area contributed by atoms with Crippen LogP contribution in [0.5, 0.6) is 11.5 Å². The summed E-state index contributed by atoms with van der Waals surface area (Å²) in [6.07, 6.45) is 1.22. The molecule has 38 heavy (non-hydrogen) atoms. The van der Waals surface area contributed by atoms with Gasteiger partial charge in [-0.3, -0.25) is 14.5 Å². The SMILES string of the molecule is CCOC(=O)c1ccc(NC(=O)CC2S/C(=N/N=C/c3ccccc3O)N(c3ccc(O)cc3)C2=O)cc1. The van der Waals surface area contributed by atoms with Crippen molar-refractivity contribution >= 4 is 52.3 Å². The van der Waals surface area contributed by atoms with Crippen LogP contribution in [0.3, 0.4) is 0 Å². The van der Waals surface area contributed by atoms with Crippen LogP contribution in [0.4, 0.5) is 11.4 Å². The Labute approximate surface area is 222 Å². The number of rotatable bonds is 8. The zero-order valence-electron chi connectivity index (χ0n) is 20.3. The van der Waals surface area contributed by atoms with Gasteiger partial charge in [0.2, 0.25) is 11.8 Å². The maximum absolute atomic E-state index is 13.3. The molecule has 1 fully saturated rings. The number of carbonyl (C=O) groups is 3. The molecule has 11 heteroatoms. The Morgan fingerprint density at radius 3 is 2.45 bits per heavy atom. The van der Waals surface area contributed by atoms with Crippen LogP contribution in [-0.4, -0.2) is 51.2 Å². The van der Waals surface area contributed by atoms with Gasteiger partial charge in [-0.25, -0.2) is 4.79 Å². The van der Waals surface area contributed by atoms with Gasteiger partial charge in [0.1, 0.15) is 16.7 Å². The number of phenols is 2. The average Bonchev–Trinajstić information content (AvgIpc) is 3.20. The van der Waals surface area contributed by atoms with Crippen molar-refractivity contribution in [2.24, 2.45) is 10.2 Å². The van der Waals surface area contributed by atoms with Crippen molar-refractivity contribution in [1.29, 1.82) is 0 Å². The molecular formula is C27H24N4O6S. The van der Waals surface area contributed by atoms with Crippen molar-refractivity contribution in [3.8, 4) is 11.5 Å². The number of amides is 2. The van der Waals surface area contributed by atoms with E-state index in [-0.39, 0.29) is 35.6 Å². The van der Waals surface area contributed by atoms with E-state index in [1.54, 1.807) is 61.5 Å². The molecule has 194 valence electrons. The van der Waals surface area contributed by atoms with Crippen LogP contribution in [0, 0.1) is 0 Å². The van der Waals surface area contributed by atoms with E-state index >= 15 is 0 Å². The van der Waals surface area contributed by atoms with Crippen molar-refractivity contribution in [2.45, 2.75) is 18.6 Å². The molecule has 0 radical (unpaired) electrons. The molecule has 4 rings (SSSR count). The minimum absolute atomic E-state index is 0.0341. The number of nitrogens with zero attached hydrogens (tertiary/aromatic N) is 3. The molecule has 10 nitrogen and oxygen atoms in total. The van der Waals surface area contributed by atoms with Gasteiger partial charge in [-0.15, -0.1) is 5.10 Å². The summed E-state index contributed by atoms with van der Waals surface area (Å²) in [6, 6.07) is 18.9. The van der Waals surface area contributed by atoms with Gasteiger partial charge in [-0.2, -0.15) is 5.10 Å². The van der Waals surface area contributed by atoms with Crippen LogP contribution in [-0.2, 0) is 14.3 Å². The van der Waals surface area contributed by atoms with E-state index in [4.69, 9.17) is 4.74 Å². The fraction of sp³-hybridized carbons (Fsp3) is 0.148. The number of thioether (sulfide) groups is 1. The fourth-order valence-electron chi connectivity index (χ4n) is 3.53. The van der Waals surface area contributed by atoms with Crippen molar-refractivity contribution < 1.29 is 29.3 Å². The number of phenolic OH excluding ortho intramolecular Hbond substituents is 2. The summed E-state index contributed by atoms with van der Waals surface area (Å²) < 4.78 is 4.95. The normalized spacial score (nSPS) is 16.2. The van der Waals surface area contributed by atoms with E-state index in [0.29, 0.717) is 22.5 Å². The van der Waals surface area contributed by atoms with Crippen LogP contribution in [0.15, 0.2) is 83.0 Å². The molecule has 0 aliphatic carbocycles. The van der Waals surface area contributed by atoms with Crippen LogP contribution < -0.4 is 10.2 Å². The number of carbonyl (C=O) groups excluding carboxylic acids is 3. The number of hydrogen-bond acceptors (Lipinski definition) is 9. The molecule has 3 N–H and O–H groups in total. The Kier molecular flexibility index (Phi) is 8.39. The second-order valence-electron chi connectivity index (χ2n) is 8.03. The van der Waals surface area contributed by atoms with Gasteiger partial charge in [-0.1, -0.05) is 23.9 Å². The molecule has 0 spiro atoms. The summed E-state index contributed by atoms with van der Waals surface area (Å²) in [7, 11) is 0. The number of hydrogen-bond donors (Lipinski definition) is 3. The molecule has 1 aliphatic rings. The first kappa shape index (κ1) is 26.4. The van der Waals surface area contributed by atoms with Gasteiger partial charge >= 0.3 is 5.97 Å². The molecule has 2 amide bonds. The van der Waals surface area contributed by atoms with E-state index in [1.165, 1.54) is 29.3 Å². The van der Waals surface area contributed by atoms with Crippen LogP contribution in [0.2, 0.25) is 0 Å². The summed E-state index contributed by atoms with van der Waals surface area (Å²) in [5.41, 5.74) is 1.73. The Hall–Kier alpha value is -4.64. The Morgan fingerprint density at radius 2 is 1.76 bits per heavy atom. The van der Waals surface area contributed by atoms with Crippen molar-refractivity contribution in [1.82, 2.24) is 0 Å². The molecule has 1 aliphatic heterocycles. The quantitative estimate of drug-likeness (QED) is 0.225. The summed E-state index contributed by atoms with van der Waals surface area (Å²) in [5, 5.41) is 30.0. The Balaban J connectivity index is 1.49. The van der Waals surface area contributed by atoms with Crippen molar-refractivity contribution in [3.05, 3.63) is 83.9 Å². The molecule has 3 aromatic rings. The first-order chi connectivity index (χ1) is 18.4. The number of nitrogens with one attached hydrogen (secondary N) is 1. The highest BCUT2D eigenvalue weighted by Gasteiger charge is 2.40. The second-order valence-corrected chi connectivity index (χ2v) is 9.20. The second kappa shape index (κ2) is 12.1. The first-order valence-electron chi connectivity index (χ1n) is 11.6. The van der Waals surface area contributed by atoms with Gasteiger partial charge < -0.3 is 20.3 Å². The molecule has 0 saturated carbocycles. The molecule has 1 atom stereocenters. The smallest absolute Gasteiger partial charge is 0.338 e. The number of esters is 1.